The summed E-state index contributed by atoms with van der Waals surface area (Å²) < 4.78 is 31.8. The highest BCUT2D eigenvalue weighted by atomic mass is 79.9. The van der Waals surface area contributed by atoms with E-state index in [1.165, 1.54) is 18.2 Å². The number of aromatic nitrogens is 1. The number of hydrogen-bond acceptors (Lipinski definition) is 6. The molecule has 4 aromatic rings. The summed E-state index contributed by atoms with van der Waals surface area (Å²) in [5.74, 6) is -0.470. The first kappa shape index (κ1) is 22.2. The zero-order chi connectivity index (χ0) is 23.8. The summed E-state index contributed by atoms with van der Waals surface area (Å²) in [7, 11) is 1.55. The van der Waals surface area contributed by atoms with Gasteiger partial charge >= 0.3 is 5.97 Å². The van der Waals surface area contributed by atoms with Crippen LogP contribution < -0.4 is 14.4 Å². The van der Waals surface area contributed by atoms with Gasteiger partial charge in [0.25, 0.3) is 6.01 Å². The zero-order valence-corrected chi connectivity index (χ0v) is 19.7. The molecule has 34 heavy (non-hydrogen) atoms. The lowest BCUT2D eigenvalue weighted by molar-refractivity contribution is -0.138. The maximum atomic E-state index is 13.6. The predicted octanol–water partition coefficient (Wildman–Crippen LogP) is 5.33. The van der Waals surface area contributed by atoms with Crippen LogP contribution in [0.2, 0.25) is 0 Å². The number of benzene rings is 3. The number of halogens is 2. The molecule has 174 valence electrons. The van der Waals surface area contributed by atoms with Crippen molar-refractivity contribution >= 4 is 39.0 Å². The molecule has 1 atom stereocenters. The second-order valence-corrected chi connectivity index (χ2v) is 8.77. The van der Waals surface area contributed by atoms with Gasteiger partial charge in [0.05, 0.1) is 7.11 Å². The van der Waals surface area contributed by atoms with E-state index in [4.69, 9.17) is 13.9 Å². The van der Waals surface area contributed by atoms with Crippen molar-refractivity contribution in [3.05, 3.63) is 81.6 Å². The molecule has 0 bridgehead atoms. The maximum absolute atomic E-state index is 13.6. The zero-order valence-electron chi connectivity index (χ0n) is 18.1. The fourth-order valence-corrected chi connectivity index (χ4v) is 4.71. The molecule has 1 aromatic heterocycles. The van der Waals surface area contributed by atoms with Crippen LogP contribution >= 0.6 is 15.9 Å². The first-order valence-electron chi connectivity index (χ1n) is 10.5. The lowest BCUT2D eigenvalue weighted by Gasteiger charge is -2.35. The van der Waals surface area contributed by atoms with E-state index in [-0.39, 0.29) is 24.6 Å². The summed E-state index contributed by atoms with van der Waals surface area (Å²) in [5, 5.41) is 10.1. The van der Waals surface area contributed by atoms with Crippen LogP contribution in [-0.4, -0.2) is 29.2 Å². The maximum Gasteiger partial charge on any atom is 0.326 e. The van der Waals surface area contributed by atoms with Gasteiger partial charge in [-0.05, 0) is 29.3 Å². The molecular formula is C25H20BrFN2O5. The van der Waals surface area contributed by atoms with E-state index >= 15 is 0 Å². The molecule has 0 amide bonds. The Morgan fingerprint density at radius 1 is 1.24 bits per heavy atom. The summed E-state index contributed by atoms with van der Waals surface area (Å²) in [4.78, 5) is 18.3. The third-order valence-electron chi connectivity index (χ3n) is 5.83. The van der Waals surface area contributed by atoms with Gasteiger partial charge in [0.2, 0.25) is 0 Å². The van der Waals surface area contributed by atoms with Gasteiger partial charge in [-0.2, -0.15) is 4.98 Å². The van der Waals surface area contributed by atoms with Gasteiger partial charge in [-0.3, -0.25) is 0 Å². The fourth-order valence-electron chi connectivity index (χ4n) is 4.14. The number of fused-ring (bicyclic) bond motifs is 2. The summed E-state index contributed by atoms with van der Waals surface area (Å²) in [5.41, 5.74) is 3.27. The standard InChI is InChI=1S/C25H20BrFN2O5/c1-32-22-11-18(26)17-12-29(25-28-19-8-7-15(27)9-21(19)34-25)20(24(30)31)10-16(17)23(22)33-13-14-5-3-2-4-6-14/h2-9,11,20H,10,12-13H2,1H3,(H,30,31). The van der Waals surface area contributed by atoms with E-state index in [9.17, 15) is 14.3 Å². The van der Waals surface area contributed by atoms with Gasteiger partial charge in [-0.25, -0.2) is 9.18 Å². The normalized spacial score (nSPS) is 15.3. The molecule has 1 aliphatic heterocycles. The molecule has 0 saturated carbocycles. The second-order valence-electron chi connectivity index (χ2n) is 7.92. The number of hydrogen-bond donors (Lipinski definition) is 1. The van der Waals surface area contributed by atoms with E-state index < -0.39 is 17.8 Å². The van der Waals surface area contributed by atoms with Gasteiger partial charge in [-0.1, -0.05) is 46.3 Å². The first-order chi connectivity index (χ1) is 16.4. The topological polar surface area (TPSA) is 85.0 Å². The summed E-state index contributed by atoms with van der Waals surface area (Å²) in [6.07, 6.45) is 0.137. The Kier molecular flexibility index (Phi) is 5.87. The number of oxazole rings is 1. The first-order valence-corrected chi connectivity index (χ1v) is 11.3. The van der Waals surface area contributed by atoms with Gasteiger partial charge < -0.3 is 23.9 Å². The molecule has 2 heterocycles. The Balaban J connectivity index is 1.56. The van der Waals surface area contributed by atoms with E-state index in [1.54, 1.807) is 18.1 Å². The van der Waals surface area contributed by atoms with Crippen LogP contribution in [0.25, 0.3) is 11.1 Å². The Bertz CT molecular complexity index is 1370. The van der Waals surface area contributed by atoms with E-state index in [1.807, 2.05) is 30.3 Å². The molecule has 1 N–H and O–H groups in total. The average Bonchev–Trinajstić information content (AvgIpc) is 3.26. The molecule has 7 nitrogen and oxygen atoms in total. The van der Waals surface area contributed by atoms with Crippen LogP contribution in [0, 0.1) is 5.82 Å². The van der Waals surface area contributed by atoms with Crippen LogP contribution in [0.1, 0.15) is 16.7 Å². The molecule has 3 aromatic carbocycles. The van der Waals surface area contributed by atoms with Crippen molar-refractivity contribution in [3.63, 3.8) is 0 Å². The Labute approximate surface area is 202 Å². The molecule has 1 aliphatic rings. The van der Waals surface area contributed by atoms with Crippen molar-refractivity contribution in [2.24, 2.45) is 0 Å². The summed E-state index contributed by atoms with van der Waals surface area (Å²) in [6.45, 7) is 0.511. The number of rotatable bonds is 6. The molecular weight excluding hydrogens is 507 g/mol. The molecule has 9 heteroatoms. The summed E-state index contributed by atoms with van der Waals surface area (Å²) in [6, 6.07) is 14.7. The van der Waals surface area contributed by atoms with Crippen molar-refractivity contribution in [3.8, 4) is 11.5 Å². The third-order valence-corrected chi connectivity index (χ3v) is 6.53. The largest absolute Gasteiger partial charge is 0.493 e. The highest BCUT2D eigenvalue weighted by molar-refractivity contribution is 9.10. The Morgan fingerprint density at radius 3 is 2.76 bits per heavy atom. The number of nitrogens with zero attached hydrogens (tertiary/aromatic N) is 2. The van der Waals surface area contributed by atoms with Crippen molar-refractivity contribution in [1.82, 2.24) is 4.98 Å². The van der Waals surface area contributed by atoms with E-state index in [2.05, 4.69) is 20.9 Å². The van der Waals surface area contributed by atoms with Gasteiger partial charge in [0.15, 0.2) is 17.1 Å². The highest BCUT2D eigenvalue weighted by Gasteiger charge is 2.38. The number of methoxy groups -OCH3 is 1. The van der Waals surface area contributed by atoms with Crippen LogP contribution in [0.15, 0.2) is 63.5 Å². The molecule has 0 fully saturated rings. The molecule has 0 radical (unpaired) electrons. The minimum Gasteiger partial charge on any atom is -0.493 e. The summed E-state index contributed by atoms with van der Waals surface area (Å²) >= 11 is 3.59. The number of carboxylic acid groups (broad SMARTS) is 1. The highest BCUT2D eigenvalue weighted by Crippen LogP contribution is 2.44. The lowest BCUT2D eigenvalue weighted by atomic mass is 9.92. The monoisotopic (exact) mass is 526 g/mol. The number of ether oxygens (including phenoxy) is 2. The minimum absolute atomic E-state index is 0.119. The smallest absolute Gasteiger partial charge is 0.326 e. The van der Waals surface area contributed by atoms with Crippen molar-refractivity contribution in [2.45, 2.75) is 25.6 Å². The quantitative estimate of drug-likeness (QED) is 0.363. The van der Waals surface area contributed by atoms with Gasteiger partial charge in [0, 0.05) is 29.1 Å². The number of carbonyl (C=O) groups is 1. The number of carboxylic acids is 1. The second kappa shape index (κ2) is 8.98. The number of anilines is 1. The third kappa shape index (κ3) is 4.07. The minimum atomic E-state index is -1.04. The molecule has 0 spiro atoms. The van der Waals surface area contributed by atoms with E-state index in [0.717, 1.165) is 21.2 Å². The molecule has 0 aliphatic carbocycles. The SMILES string of the molecule is COc1cc(Br)c2c(c1OCc1ccccc1)CC(C(=O)O)N(c1nc3ccc(F)cc3o1)C2. The van der Waals surface area contributed by atoms with Crippen LogP contribution in [0.3, 0.4) is 0 Å². The van der Waals surface area contributed by atoms with Crippen LogP contribution in [0.4, 0.5) is 10.4 Å². The van der Waals surface area contributed by atoms with Gasteiger partial charge in [-0.15, -0.1) is 0 Å². The average molecular weight is 527 g/mol. The number of aliphatic carboxylic acids is 1. The Hall–Kier alpha value is -3.59. The predicted molar refractivity (Wildman–Crippen MR) is 127 cm³/mol. The van der Waals surface area contributed by atoms with Crippen molar-refractivity contribution < 1.29 is 28.2 Å². The Morgan fingerprint density at radius 2 is 2.03 bits per heavy atom. The molecule has 0 saturated heterocycles. The fraction of sp³-hybridized carbons (Fsp3) is 0.200. The van der Waals surface area contributed by atoms with Crippen molar-refractivity contribution in [2.75, 3.05) is 12.0 Å². The lowest BCUT2D eigenvalue weighted by Crippen LogP contribution is -2.46. The van der Waals surface area contributed by atoms with E-state index in [0.29, 0.717) is 23.6 Å². The van der Waals surface area contributed by atoms with Crippen LogP contribution in [0.5, 0.6) is 11.5 Å². The molecule has 5 rings (SSSR count). The van der Waals surface area contributed by atoms with Crippen molar-refractivity contribution in [1.29, 1.82) is 0 Å². The van der Waals surface area contributed by atoms with Gasteiger partial charge in [0.1, 0.15) is 24.0 Å². The van der Waals surface area contributed by atoms with Crippen LogP contribution in [-0.2, 0) is 24.4 Å². The molecule has 1 unspecified atom stereocenters.